The molecule has 2 rings (SSSR count). The third-order valence-corrected chi connectivity index (χ3v) is 3.92. The van der Waals surface area contributed by atoms with E-state index in [9.17, 15) is 0 Å². The van der Waals surface area contributed by atoms with Crippen molar-refractivity contribution >= 4 is 5.96 Å². The predicted molar refractivity (Wildman–Crippen MR) is 86.6 cm³/mol. The average molecular weight is 308 g/mol. The summed E-state index contributed by atoms with van der Waals surface area (Å²) in [6, 6.07) is 0.552. The molecule has 1 unspecified atom stereocenters. The summed E-state index contributed by atoms with van der Waals surface area (Å²) < 4.78 is 5.23. The number of hydrogen-bond donors (Lipinski definition) is 2. The quantitative estimate of drug-likeness (QED) is 0.628. The smallest absolute Gasteiger partial charge is 0.232 e. The summed E-state index contributed by atoms with van der Waals surface area (Å²) in [5, 5.41) is 7.13. The van der Waals surface area contributed by atoms with Crippen LogP contribution in [-0.2, 0) is 12.0 Å². The van der Waals surface area contributed by atoms with E-state index in [1.165, 1.54) is 19.4 Å². The van der Waals surface area contributed by atoms with Crippen molar-refractivity contribution in [1.82, 2.24) is 20.4 Å². The maximum absolute atomic E-state index is 5.91. The number of likely N-dealkylation sites (tertiary alicyclic amines) is 1. The van der Waals surface area contributed by atoms with Crippen LogP contribution in [0.25, 0.3) is 0 Å². The Hall–Kier alpha value is -1.63. The maximum Gasteiger partial charge on any atom is 0.232 e. The predicted octanol–water partition coefficient (Wildman–Crippen LogP) is 1.26. The minimum absolute atomic E-state index is 0.148. The Morgan fingerprint density at radius 3 is 2.91 bits per heavy atom. The van der Waals surface area contributed by atoms with Crippen LogP contribution in [0, 0.1) is 0 Å². The lowest BCUT2D eigenvalue weighted by molar-refractivity contribution is 0.267. The molecule has 0 spiro atoms. The Labute approximate surface area is 132 Å². The van der Waals surface area contributed by atoms with Crippen LogP contribution in [0.1, 0.15) is 52.3 Å². The van der Waals surface area contributed by atoms with Gasteiger partial charge in [0.2, 0.25) is 5.89 Å². The van der Waals surface area contributed by atoms with Crippen LogP contribution in [0.4, 0.5) is 0 Å². The minimum atomic E-state index is -0.148. The Kier molecular flexibility index (Phi) is 5.39. The molecule has 0 saturated carbocycles. The van der Waals surface area contributed by atoms with Crippen LogP contribution in [0.3, 0.4) is 0 Å². The number of rotatable bonds is 5. The molecule has 3 N–H and O–H groups in total. The third kappa shape index (κ3) is 4.43. The van der Waals surface area contributed by atoms with Gasteiger partial charge in [0.15, 0.2) is 11.8 Å². The first-order valence-corrected chi connectivity index (χ1v) is 8.01. The van der Waals surface area contributed by atoms with Gasteiger partial charge in [-0.3, -0.25) is 4.90 Å². The summed E-state index contributed by atoms with van der Waals surface area (Å²) in [6.07, 6.45) is 2.48. The largest absolute Gasteiger partial charge is 0.370 e. The second-order valence-electron chi connectivity index (χ2n) is 6.77. The topological polar surface area (TPSA) is 92.6 Å². The van der Waals surface area contributed by atoms with Gasteiger partial charge >= 0.3 is 0 Å². The zero-order chi connectivity index (χ0) is 16.2. The van der Waals surface area contributed by atoms with Crippen LogP contribution in [-0.4, -0.2) is 46.7 Å². The van der Waals surface area contributed by atoms with Crippen LogP contribution in [0.15, 0.2) is 9.52 Å². The fraction of sp³-hybridized carbons (Fsp3) is 0.800. The monoisotopic (exact) mass is 308 g/mol. The number of guanidine groups is 1. The van der Waals surface area contributed by atoms with E-state index in [1.807, 2.05) is 20.8 Å². The average Bonchev–Trinajstić information content (AvgIpc) is 3.10. The van der Waals surface area contributed by atoms with Gasteiger partial charge in [-0.2, -0.15) is 4.98 Å². The van der Waals surface area contributed by atoms with E-state index < -0.39 is 0 Å². The van der Waals surface area contributed by atoms with Crippen molar-refractivity contribution in [2.75, 3.05) is 19.6 Å². The Morgan fingerprint density at radius 1 is 1.50 bits per heavy atom. The van der Waals surface area contributed by atoms with Crippen LogP contribution in [0.2, 0.25) is 0 Å². The molecule has 1 atom stereocenters. The summed E-state index contributed by atoms with van der Waals surface area (Å²) in [7, 11) is 0. The molecule has 22 heavy (non-hydrogen) atoms. The fourth-order valence-electron chi connectivity index (χ4n) is 2.60. The molecule has 1 aromatic rings. The van der Waals surface area contributed by atoms with E-state index >= 15 is 0 Å². The number of nitrogens with one attached hydrogen (secondary N) is 1. The van der Waals surface area contributed by atoms with Crippen LogP contribution >= 0.6 is 0 Å². The summed E-state index contributed by atoms with van der Waals surface area (Å²) in [6.45, 7) is 11.7. The van der Waals surface area contributed by atoms with Gasteiger partial charge in [-0.1, -0.05) is 32.9 Å². The second-order valence-corrected chi connectivity index (χ2v) is 6.77. The van der Waals surface area contributed by atoms with Crippen molar-refractivity contribution in [2.24, 2.45) is 10.7 Å². The van der Waals surface area contributed by atoms with Gasteiger partial charge in [0, 0.05) is 18.0 Å². The highest BCUT2D eigenvalue weighted by molar-refractivity contribution is 5.77. The van der Waals surface area contributed by atoms with Gasteiger partial charge in [-0.25, -0.2) is 4.99 Å². The molecular formula is C15H28N6O. The number of aliphatic imine (C=N–C) groups is 1. The maximum atomic E-state index is 5.91. The van der Waals surface area contributed by atoms with Gasteiger partial charge in [-0.05, 0) is 25.9 Å². The van der Waals surface area contributed by atoms with Crippen molar-refractivity contribution in [3.05, 3.63) is 11.7 Å². The van der Waals surface area contributed by atoms with E-state index in [2.05, 4.69) is 32.3 Å². The summed E-state index contributed by atoms with van der Waals surface area (Å²) >= 11 is 0. The van der Waals surface area contributed by atoms with Crippen molar-refractivity contribution in [2.45, 2.75) is 58.5 Å². The molecule has 1 aliphatic rings. The first-order chi connectivity index (χ1) is 10.4. The van der Waals surface area contributed by atoms with Crippen molar-refractivity contribution in [3.63, 3.8) is 0 Å². The molecule has 0 amide bonds. The fourth-order valence-corrected chi connectivity index (χ4v) is 2.60. The second kappa shape index (κ2) is 7.09. The molecule has 0 aromatic carbocycles. The minimum Gasteiger partial charge on any atom is -0.370 e. The number of hydrogen-bond acceptors (Lipinski definition) is 5. The van der Waals surface area contributed by atoms with E-state index in [0.29, 0.717) is 30.3 Å². The van der Waals surface area contributed by atoms with Gasteiger partial charge in [-0.15, -0.1) is 0 Å². The zero-order valence-corrected chi connectivity index (χ0v) is 14.1. The normalized spacial score (nSPS) is 20.5. The van der Waals surface area contributed by atoms with Gasteiger partial charge in [0.25, 0.3) is 0 Å². The number of nitrogens with two attached hydrogens (primary N) is 1. The molecule has 7 nitrogen and oxygen atoms in total. The first-order valence-electron chi connectivity index (χ1n) is 8.01. The van der Waals surface area contributed by atoms with Gasteiger partial charge in [0.1, 0.15) is 6.54 Å². The molecule has 2 heterocycles. The molecule has 1 aliphatic heterocycles. The molecule has 124 valence electrons. The highest BCUT2D eigenvalue weighted by Gasteiger charge is 2.23. The number of aromatic nitrogens is 2. The van der Waals surface area contributed by atoms with E-state index in [1.54, 1.807) is 0 Å². The number of likely N-dealkylation sites (N-methyl/N-ethyl adjacent to an activating group) is 1. The van der Waals surface area contributed by atoms with Crippen molar-refractivity contribution < 1.29 is 4.52 Å². The van der Waals surface area contributed by atoms with Gasteiger partial charge in [0.05, 0.1) is 0 Å². The van der Waals surface area contributed by atoms with Crippen LogP contribution < -0.4 is 11.1 Å². The first kappa shape index (κ1) is 16.7. The SMILES string of the molecule is CCN1CCCC1CNC(N)=NCc1noc(C(C)(C)C)n1. The molecular weight excluding hydrogens is 280 g/mol. The molecule has 0 aliphatic carbocycles. The standard InChI is InChI=1S/C15H28N6O/c1-5-21-8-6-7-11(21)9-17-14(16)18-10-12-19-13(22-20-12)15(2,3)4/h11H,5-10H2,1-4H3,(H3,16,17,18). The highest BCUT2D eigenvalue weighted by Crippen LogP contribution is 2.19. The summed E-state index contributed by atoms with van der Waals surface area (Å²) in [5.74, 6) is 1.62. The molecule has 1 fully saturated rings. The molecule has 1 aromatic heterocycles. The van der Waals surface area contributed by atoms with Crippen molar-refractivity contribution in [1.29, 1.82) is 0 Å². The Morgan fingerprint density at radius 2 is 2.27 bits per heavy atom. The Balaban J connectivity index is 1.81. The molecule has 0 radical (unpaired) electrons. The zero-order valence-electron chi connectivity index (χ0n) is 14.1. The number of nitrogens with zero attached hydrogens (tertiary/aromatic N) is 4. The van der Waals surface area contributed by atoms with Gasteiger partial charge < -0.3 is 15.6 Å². The van der Waals surface area contributed by atoms with E-state index in [0.717, 1.165) is 13.1 Å². The Bertz CT molecular complexity index is 504. The lowest BCUT2D eigenvalue weighted by Gasteiger charge is -2.23. The lowest BCUT2D eigenvalue weighted by atomic mass is 9.97. The molecule has 1 saturated heterocycles. The summed E-state index contributed by atoms with van der Waals surface area (Å²) in [5.41, 5.74) is 5.77. The summed E-state index contributed by atoms with van der Waals surface area (Å²) in [4.78, 5) is 11.1. The molecule has 7 heteroatoms. The van der Waals surface area contributed by atoms with E-state index in [-0.39, 0.29) is 5.41 Å². The highest BCUT2D eigenvalue weighted by atomic mass is 16.5. The van der Waals surface area contributed by atoms with E-state index in [4.69, 9.17) is 10.3 Å². The van der Waals surface area contributed by atoms with Crippen molar-refractivity contribution in [3.8, 4) is 0 Å². The molecule has 0 bridgehead atoms. The lowest BCUT2D eigenvalue weighted by Crippen LogP contribution is -2.42. The third-order valence-electron chi connectivity index (χ3n) is 3.92. The van der Waals surface area contributed by atoms with Crippen LogP contribution in [0.5, 0.6) is 0 Å².